The van der Waals surface area contributed by atoms with Crippen molar-refractivity contribution in [3.05, 3.63) is 22.4 Å². The molecule has 1 heteroatoms. The van der Waals surface area contributed by atoms with Crippen LogP contribution < -0.4 is 0 Å². The van der Waals surface area contributed by atoms with Gasteiger partial charge >= 0.3 is 0 Å². The summed E-state index contributed by atoms with van der Waals surface area (Å²) < 4.78 is 0. The Kier molecular flexibility index (Phi) is 4.37. The first-order chi connectivity index (χ1) is 5.84. The van der Waals surface area contributed by atoms with Crippen LogP contribution in [0, 0.1) is 6.92 Å². The highest BCUT2D eigenvalue weighted by molar-refractivity contribution is 7.29. The molecule has 1 unspecified atom stereocenters. The van der Waals surface area contributed by atoms with E-state index < -0.39 is 0 Å². The monoisotopic (exact) mass is 183 g/mol. The van der Waals surface area contributed by atoms with Crippen molar-refractivity contribution in [2.45, 2.75) is 45.3 Å². The fraction of sp³-hybridized carbons (Fsp3) is 0.636. The van der Waals surface area contributed by atoms with E-state index in [9.17, 15) is 0 Å². The molecule has 0 saturated heterocycles. The number of thiophene rings is 1. The molecule has 12 heavy (non-hydrogen) atoms. The number of hydrogen-bond donors (Lipinski definition) is 0. The van der Waals surface area contributed by atoms with E-state index in [0.717, 1.165) is 0 Å². The van der Waals surface area contributed by atoms with Crippen LogP contribution in [-0.4, -0.2) is 0 Å². The largest absolute Gasteiger partial charge is 0.147 e. The van der Waals surface area contributed by atoms with Crippen LogP contribution in [0.1, 0.15) is 37.5 Å². The average Bonchev–Trinajstić information content (AvgIpc) is 2.46. The molecule has 68 valence electrons. The van der Waals surface area contributed by atoms with Gasteiger partial charge in [0.2, 0.25) is 0 Å². The summed E-state index contributed by atoms with van der Waals surface area (Å²) in [5.74, 6) is 1.39. The highest BCUT2D eigenvalue weighted by Crippen LogP contribution is 2.26. The van der Waals surface area contributed by atoms with Crippen molar-refractivity contribution in [3.63, 3.8) is 0 Å². The van der Waals surface area contributed by atoms with E-state index in [1.54, 1.807) is 4.88 Å². The molecule has 1 atom stereocenters. The Morgan fingerprint density at radius 1 is 1.25 bits per heavy atom. The first-order valence-electron chi connectivity index (χ1n) is 4.89. The van der Waals surface area contributed by atoms with E-state index in [0.29, 0.717) is 10.5 Å². The predicted molar refractivity (Wildman–Crippen MR) is 57.8 cm³/mol. The molecule has 0 N–H and O–H groups in total. The van der Waals surface area contributed by atoms with Crippen LogP contribution in [-0.2, 0) is 5.75 Å². The van der Waals surface area contributed by atoms with Crippen molar-refractivity contribution in [2.24, 2.45) is 0 Å². The maximum Gasteiger partial charge on any atom is 0.147 e. The van der Waals surface area contributed by atoms with Crippen molar-refractivity contribution in [3.8, 4) is 0 Å². The molecule has 0 radical (unpaired) electrons. The van der Waals surface area contributed by atoms with Crippen LogP contribution in [0.4, 0.5) is 0 Å². The summed E-state index contributed by atoms with van der Waals surface area (Å²) in [5, 5.41) is 2.36. The zero-order valence-corrected chi connectivity index (χ0v) is 8.99. The molecule has 0 aliphatic carbocycles. The number of hydrogen-bond acceptors (Lipinski definition) is 0. The molecule has 1 rings (SSSR count). The summed E-state index contributed by atoms with van der Waals surface area (Å²) in [6, 6.07) is 4.46. The van der Waals surface area contributed by atoms with E-state index in [2.05, 4.69) is 31.4 Å². The highest BCUT2D eigenvalue weighted by atomic mass is 32.2. The normalized spacial score (nSPS) is 12.0. The minimum Gasteiger partial charge on any atom is -0.0654 e. The highest BCUT2D eigenvalue weighted by Gasteiger charge is 2.06. The van der Waals surface area contributed by atoms with E-state index in [4.69, 9.17) is 0 Å². The lowest BCUT2D eigenvalue weighted by atomic mass is 10.2. The molecule has 0 aliphatic heterocycles. The minimum atomic E-state index is 0.505. The Hall–Kier alpha value is -0.300. The van der Waals surface area contributed by atoms with Crippen molar-refractivity contribution in [1.29, 1.82) is 0 Å². The summed E-state index contributed by atoms with van der Waals surface area (Å²) in [7, 11) is 0.505. The van der Waals surface area contributed by atoms with Crippen LogP contribution >= 0.6 is 10.5 Å². The second-order valence-electron chi connectivity index (χ2n) is 3.30. The summed E-state index contributed by atoms with van der Waals surface area (Å²) >= 11 is 0. The second kappa shape index (κ2) is 5.36. The third kappa shape index (κ3) is 2.98. The van der Waals surface area contributed by atoms with Crippen LogP contribution in [0.25, 0.3) is 0 Å². The van der Waals surface area contributed by atoms with Gasteiger partial charge in [-0.2, -0.15) is 0 Å². The molecule has 0 aliphatic rings. The van der Waals surface area contributed by atoms with Gasteiger partial charge in [0.15, 0.2) is 0 Å². The molecule has 1 aromatic heterocycles. The van der Waals surface area contributed by atoms with Crippen molar-refractivity contribution in [2.75, 3.05) is 0 Å². The quantitative estimate of drug-likeness (QED) is 0.471. The van der Waals surface area contributed by atoms with Gasteiger partial charge in [0.05, 0.1) is 0 Å². The van der Waals surface area contributed by atoms with E-state index in [-0.39, 0.29) is 0 Å². The van der Waals surface area contributed by atoms with Crippen molar-refractivity contribution < 1.29 is 0 Å². The SMILES string of the molecule is CCCCCC[s+]1cccc1C. The summed E-state index contributed by atoms with van der Waals surface area (Å²) in [5.41, 5.74) is 0. The Morgan fingerprint density at radius 2 is 2.08 bits per heavy atom. The molecule has 0 aromatic carbocycles. The van der Waals surface area contributed by atoms with Gasteiger partial charge in [-0.3, -0.25) is 0 Å². The lowest BCUT2D eigenvalue weighted by molar-refractivity contribution is 0.689. The van der Waals surface area contributed by atoms with E-state index >= 15 is 0 Å². The van der Waals surface area contributed by atoms with E-state index in [1.165, 1.54) is 31.4 Å². The maximum atomic E-state index is 2.36. The molecule has 1 heterocycles. The van der Waals surface area contributed by atoms with Gasteiger partial charge in [-0.05, 0) is 35.4 Å². The Labute approximate surface area is 78.6 Å². The summed E-state index contributed by atoms with van der Waals surface area (Å²) in [6.07, 6.45) is 5.58. The molecule has 0 spiro atoms. The maximum absolute atomic E-state index is 2.36. The molecule has 0 fully saturated rings. The topological polar surface area (TPSA) is 0 Å². The fourth-order valence-corrected chi connectivity index (χ4v) is 3.09. The first-order valence-corrected chi connectivity index (χ1v) is 6.35. The second-order valence-corrected chi connectivity index (χ2v) is 5.48. The van der Waals surface area contributed by atoms with Crippen molar-refractivity contribution in [1.82, 2.24) is 0 Å². The molecule has 0 bridgehead atoms. The molecule has 0 saturated carbocycles. The summed E-state index contributed by atoms with van der Waals surface area (Å²) in [4.78, 5) is 1.58. The third-order valence-electron chi connectivity index (χ3n) is 2.21. The van der Waals surface area contributed by atoms with Gasteiger partial charge < -0.3 is 0 Å². The lowest BCUT2D eigenvalue weighted by Gasteiger charge is -1.93. The minimum absolute atomic E-state index is 0.505. The molecule has 1 aromatic rings. The first kappa shape index (κ1) is 9.79. The zero-order chi connectivity index (χ0) is 8.81. The number of unbranched alkanes of at least 4 members (excludes halogenated alkanes) is 3. The summed E-state index contributed by atoms with van der Waals surface area (Å²) in [6.45, 7) is 4.52. The van der Waals surface area contributed by atoms with Gasteiger partial charge in [-0.15, -0.1) is 0 Å². The molecule has 0 amide bonds. The Balaban J connectivity index is 2.20. The average molecular weight is 183 g/mol. The van der Waals surface area contributed by atoms with Crippen LogP contribution in [0.3, 0.4) is 0 Å². The van der Waals surface area contributed by atoms with E-state index in [1.807, 2.05) is 0 Å². The fourth-order valence-electron chi connectivity index (χ4n) is 1.38. The van der Waals surface area contributed by atoms with Gasteiger partial charge in [-0.1, -0.05) is 19.8 Å². The molecular weight excluding hydrogens is 164 g/mol. The van der Waals surface area contributed by atoms with Crippen LogP contribution in [0.2, 0.25) is 0 Å². The van der Waals surface area contributed by atoms with Crippen LogP contribution in [0.5, 0.6) is 0 Å². The Bertz CT molecular complexity index is 213. The zero-order valence-electron chi connectivity index (χ0n) is 8.18. The number of rotatable bonds is 5. The lowest BCUT2D eigenvalue weighted by Crippen LogP contribution is -1.77. The van der Waals surface area contributed by atoms with Gasteiger partial charge in [0.25, 0.3) is 0 Å². The standard InChI is InChI=1S/C11H19S/c1-3-4-5-6-9-12-10-7-8-11(12)2/h7-8,10H,3-6,9H2,1-2H3/q+1. The number of aryl methyl sites for hydroxylation is 2. The van der Waals surface area contributed by atoms with Crippen molar-refractivity contribution >= 4 is 10.5 Å². The van der Waals surface area contributed by atoms with Gasteiger partial charge in [0.1, 0.15) is 16.0 Å². The van der Waals surface area contributed by atoms with Gasteiger partial charge in [0, 0.05) is 6.92 Å². The molecule has 0 nitrogen and oxygen atoms in total. The Morgan fingerprint density at radius 3 is 2.67 bits per heavy atom. The predicted octanol–water partition coefficient (Wildman–Crippen LogP) is 4.32. The van der Waals surface area contributed by atoms with Crippen LogP contribution in [0.15, 0.2) is 17.5 Å². The third-order valence-corrected chi connectivity index (χ3v) is 4.38. The smallest absolute Gasteiger partial charge is 0.0654 e. The van der Waals surface area contributed by atoms with Gasteiger partial charge in [-0.25, -0.2) is 0 Å². The molecular formula is C11H19S+.